The molecule has 0 heteroatoms. The molecule has 2 aliphatic rings. The highest BCUT2D eigenvalue weighted by molar-refractivity contribution is 5.09. The van der Waals surface area contributed by atoms with Crippen LogP contribution in [0.4, 0.5) is 0 Å². The Morgan fingerprint density at radius 2 is 1.83 bits per heavy atom. The minimum atomic E-state index is 0.547. The van der Waals surface area contributed by atoms with Crippen molar-refractivity contribution in [3.8, 4) is 0 Å². The Labute approximate surface area is 152 Å². The van der Waals surface area contributed by atoms with Crippen molar-refractivity contribution in [1.82, 2.24) is 0 Å². The lowest BCUT2D eigenvalue weighted by molar-refractivity contribution is 0.241. The topological polar surface area (TPSA) is 0 Å². The molecule has 0 saturated heterocycles. The van der Waals surface area contributed by atoms with Crippen LogP contribution < -0.4 is 0 Å². The van der Waals surface area contributed by atoms with Crippen molar-refractivity contribution >= 4 is 0 Å². The standard InChI is InChI=1S/C24H44/c1-18(2)13-15-24(5,6)14-7-8-21-11-12-23-17-22(16-21)10-9-19(3)20(23)4/h10,18-21,23H,7-9,11-17H2,1-6H3/t19?,20?,21?,23-/m1/s1. The molecule has 2 bridgehead atoms. The van der Waals surface area contributed by atoms with Gasteiger partial charge in [0.05, 0.1) is 0 Å². The maximum Gasteiger partial charge on any atom is -0.0289 e. The van der Waals surface area contributed by atoms with E-state index in [1.807, 2.05) is 5.57 Å². The van der Waals surface area contributed by atoms with Crippen molar-refractivity contribution in [2.24, 2.45) is 35.0 Å². The highest BCUT2D eigenvalue weighted by atomic mass is 14.4. The third-order valence-corrected chi connectivity index (χ3v) is 7.30. The normalized spacial score (nSPS) is 31.5. The average molecular weight is 333 g/mol. The smallest absolute Gasteiger partial charge is 0.0289 e. The molecule has 1 saturated carbocycles. The molecule has 0 spiro atoms. The first-order valence-corrected chi connectivity index (χ1v) is 10.9. The maximum atomic E-state index is 2.63. The average Bonchev–Trinajstić information content (AvgIpc) is 2.79. The molecule has 0 radical (unpaired) electrons. The van der Waals surface area contributed by atoms with E-state index in [0.29, 0.717) is 5.41 Å². The summed E-state index contributed by atoms with van der Waals surface area (Å²) in [6.45, 7) is 14.7. The van der Waals surface area contributed by atoms with Crippen molar-refractivity contribution in [1.29, 1.82) is 0 Å². The van der Waals surface area contributed by atoms with Crippen LogP contribution in [0, 0.1) is 35.0 Å². The van der Waals surface area contributed by atoms with Crippen molar-refractivity contribution in [3.63, 3.8) is 0 Å². The fraction of sp³-hybridized carbons (Fsp3) is 0.917. The number of hydrogen-bond donors (Lipinski definition) is 0. The van der Waals surface area contributed by atoms with E-state index in [0.717, 1.165) is 29.6 Å². The van der Waals surface area contributed by atoms with Crippen LogP contribution in [0.15, 0.2) is 11.6 Å². The van der Waals surface area contributed by atoms with E-state index < -0.39 is 0 Å². The van der Waals surface area contributed by atoms with E-state index >= 15 is 0 Å². The van der Waals surface area contributed by atoms with Gasteiger partial charge in [-0.2, -0.15) is 0 Å². The number of rotatable bonds is 7. The lowest BCUT2D eigenvalue weighted by Crippen LogP contribution is -2.17. The minimum absolute atomic E-state index is 0.547. The second kappa shape index (κ2) is 8.91. The van der Waals surface area contributed by atoms with Crippen LogP contribution in [0.2, 0.25) is 0 Å². The summed E-state index contributed by atoms with van der Waals surface area (Å²) in [4.78, 5) is 0. The maximum absolute atomic E-state index is 2.63. The third-order valence-electron chi connectivity index (χ3n) is 7.30. The number of fused-ring (bicyclic) bond motifs is 2. The highest BCUT2D eigenvalue weighted by Crippen LogP contribution is 2.42. The molecule has 4 atom stereocenters. The first-order valence-electron chi connectivity index (χ1n) is 10.9. The first-order chi connectivity index (χ1) is 11.3. The summed E-state index contributed by atoms with van der Waals surface area (Å²) in [7, 11) is 0. The Morgan fingerprint density at radius 1 is 1.08 bits per heavy atom. The zero-order chi connectivity index (χ0) is 17.7. The fourth-order valence-electron chi connectivity index (χ4n) is 5.01. The summed E-state index contributed by atoms with van der Waals surface area (Å²) >= 11 is 0. The van der Waals surface area contributed by atoms with Crippen molar-refractivity contribution in [2.45, 2.75) is 106 Å². The van der Waals surface area contributed by atoms with E-state index in [2.05, 4.69) is 47.6 Å². The van der Waals surface area contributed by atoms with E-state index in [9.17, 15) is 0 Å². The van der Waals surface area contributed by atoms with Crippen LogP contribution in [-0.2, 0) is 0 Å². The zero-order valence-corrected chi connectivity index (χ0v) is 17.5. The molecule has 0 heterocycles. The minimum Gasteiger partial charge on any atom is -0.0850 e. The quantitative estimate of drug-likeness (QED) is 0.414. The van der Waals surface area contributed by atoms with Crippen LogP contribution in [-0.4, -0.2) is 0 Å². The highest BCUT2D eigenvalue weighted by Gasteiger charge is 2.30. The van der Waals surface area contributed by atoms with Gasteiger partial charge >= 0.3 is 0 Å². The molecule has 2 rings (SSSR count). The van der Waals surface area contributed by atoms with Gasteiger partial charge in [0.2, 0.25) is 0 Å². The van der Waals surface area contributed by atoms with Crippen LogP contribution in [0.3, 0.4) is 0 Å². The first kappa shape index (κ1) is 20.1. The molecule has 1 fully saturated rings. The lowest BCUT2D eigenvalue weighted by atomic mass is 9.78. The molecule has 0 aliphatic heterocycles. The SMILES string of the molecule is CC(C)CCC(C)(C)CCCC1CC[C@@H]2CC(=CCC(C)C2C)C1. The summed E-state index contributed by atoms with van der Waals surface area (Å²) in [5.74, 6) is 4.62. The van der Waals surface area contributed by atoms with Gasteiger partial charge in [0.15, 0.2) is 0 Å². The van der Waals surface area contributed by atoms with Crippen LogP contribution >= 0.6 is 0 Å². The monoisotopic (exact) mass is 332 g/mol. The molecule has 140 valence electrons. The Hall–Kier alpha value is -0.260. The van der Waals surface area contributed by atoms with Gasteiger partial charge in [0.25, 0.3) is 0 Å². The van der Waals surface area contributed by atoms with Crippen LogP contribution in [0.5, 0.6) is 0 Å². The molecule has 24 heavy (non-hydrogen) atoms. The molecular weight excluding hydrogens is 288 g/mol. The summed E-state index contributed by atoms with van der Waals surface area (Å²) < 4.78 is 0. The van der Waals surface area contributed by atoms with Gasteiger partial charge in [-0.25, -0.2) is 0 Å². The second-order valence-corrected chi connectivity index (χ2v) is 10.5. The summed E-state index contributed by atoms with van der Waals surface area (Å²) in [5, 5.41) is 0. The zero-order valence-electron chi connectivity index (χ0n) is 17.5. The number of hydrogen-bond acceptors (Lipinski definition) is 0. The van der Waals surface area contributed by atoms with Gasteiger partial charge in [-0.1, -0.05) is 72.5 Å². The summed E-state index contributed by atoms with van der Waals surface area (Å²) in [6.07, 6.45) is 16.9. The molecule has 3 unspecified atom stereocenters. The van der Waals surface area contributed by atoms with Crippen molar-refractivity contribution in [3.05, 3.63) is 11.6 Å². The molecule has 0 aromatic rings. The lowest BCUT2D eigenvalue weighted by Gasteiger charge is -2.27. The van der Waals surface area contributed by atoms with E-state index in [1.54, 1.807) is 0 Å². The second-order valence-electron chi connectivity index (χ2n) is 10.5. The molecule has 0 nitrogen and oxygen atoms in total. The van der Waals surface area contributed by atoms with Gasteiger partial charge in [0.1, 0.15) is 0 Å². The predicted octanol–water partition coefficient (Wildman–Crippen LogP) is 8.03. The largest absolute Gasteiger partial charge is 0.0850 e. The van der Waals surface area contributed by atoms with Crippen molar-refractivity contribution < 1.29 is 0 Å². The Balaban J connectivity index is 1.80. The number of allylic oxidation sites excluding steroid dienone is 2. The van der Waals surface area contributed by atoms with Crippen molar-refractivity contribution in [2.75, 3.05) is 0 Å². The molecular formula is C24H44. The van der Waals surface area contributed by atoms with E-state index in [1.165, 1.54) is 64.2 Å². The molecule has 0 amide bonds. The van der Waals surface area contributed by atoms with E-state index in [-0.39, 0.29) is 0 Å². The molecule has 0 aromatic heterocycles. The van der Waals surface area contributed by atoms with Crippen LogP contribution in [0.25, 0.3) is 0 Å². The Bertz CT molecular complexity index is 400. The predicted molar refractivity (Wildman–Crippen MR) is 108 cm³/mol. The van der Waals surface area contributed by atoms with Gasteiger partial charge in [0, 0.05) is 0 Å². The van der Waals surface area contributed by atoms with Gasteiger partial charge in [-0.15, -0.1) is 0 Å². The molecule has 2 aliphatic carbocycles. The van der Waals surface area contributed by atoms with Gasteiger partial charge < -0.3 is 0 Å². The van der Waals surface area contributed by atoms with Gasteiger partial charge in [-0.05, 0) is 80.0 Å². The fourth-order valence-corrected chi connectivity index (χ4v) is 5.01. The van der Waals surface area contributed by atoms with Gasteiger partial charge in [-0.3, -0.25) is 0 Å². The van der Waals surface area contributed by atoms with E-state index in [4.69, 9.17) is 0 Å². The molecule has 0 aromatic carbocycles. The van der Waals surface area contributed by atoms with Crippen LogP contribution in [0.1, 0.15) is 106 Å². The third kappa shape index (κ3) is 6.23. The summed E-state index contributed by atoms with van der Waals surface area (Å²) in [5.41, 5.74) is 2.36. The Morgan fingerprint density at radius 3 is 2.54 bits per heavy atom. The Kier molecular flexibility index (Phi) is 7.44. The molecule has 0 N–H and O–H groups in total. The summed E-state index contributed by atoms with van der Waals surface area (Å²) in [6, 6.07) is 0.